The van der Waals surface area contributed by atoms with Gasteiger partial charge in [0.1, 0.15) is 0 Å². The smallest absolute Gasteiger partial charge is 0.270 e. The van der Waals surface area contributed by atoms with E-state index in [1.54, 1.807) is 24.3 Å². The molecule has 0 atom stereocenters. The quantitative estimate of drug-likeness (QED) is 0.578. The number of rotatable bonds is 5. The van der Waals surface area contributed by atoms with Gasteiger partial charge in [-0.05, 0) is 42.0 Å². The predicted molar refractivity (Wildman–Crippen MR) is 96.5 cm³/mol. The fourth-order valence-corrected chi connectivity index (χ4v) is 3.25. The van der Waals surface area contributed by atoms with Crippen molar-refractivity contribution in [2.75, 3.05) is 19.0 Å². The number of anilines is 1. The van der Waals surface area contributed by atoms with E-state index in [2.05, 4.69) is 26.9 Å². The van der Waals surface area contributed by atoms with Crippen molar-refractivity contribution in [2.24, 2.45) is 0 Å². The fourth-order valence-electron chi connectivity index (χ4n) is 2.06. The van der Waals surface area contributed by atoms with Crippen molar-refractivity contribution in [3.63, 3.8) is 0 Å². The van der Waals surface area contributed by atoms with Gasteiger partial charge in [0.25, 0.3) is 10.0 Å². The molecule has 2 aromatic carbocycles. The average molecular weight is 393 g/mol. The topological polar surface area (TPSA) is 40.6 Å². The molecule has 23 heavy (non-hydrogen) atoms. The maximum Gasteiger partial charge on any atom is 0.270 e. The van der Waals surface area contributed by atoms with E-state index in [1.807, 2.05) is 31.3 Å². The highest BCUT2D eigenvalue weighted by Crippen LogP contribution is 2.20. The van der Waals surface area contributed by atoms with Gasteiger partial charge in [0, 0.05) is 36.8 Å². The van der Waals surface area contributed by atoms with Crippen LogP contribution in [-0.2, 0) is 16.6 Å². The molecule has 0 bridgehead atoms. The van der Waals surface area contributed by atoms with Gasteiger partial charge in [-0.2, -0.15) is 0 Å². The largest absolute Gasteiger partial charge is 0.370 e. The summed E-state index contributed by atoms with van der Waals surface area (Å²) in [7, 11) is -0.275. The Kier molecular flexibility index (Phi) is 5.34. The Morgan fingerprint density at radius 3 is 2.13 bits per heavy atom. The molecule has 0 saturated heterocycles. The molecule has 0 radical (unpaired) electrons. The second-order valence-electron chi connectivity index (χ2n) is 5.08. The number of hydrogen-bond acceptors (Lipinski definition) is 3. The zero-order valence-corrected chi connectivity index (χ0v) is 15.3. The van der Waals surface area contributed by atoms with E-state index in [4.69, 9.17) is 6.42 Å². The summed E-state index contributed by atoms with van der Waals surface area (Å²) in [5, 5.41) is 0. The van der Waals surface area contributed by atoms with E-state index in [0.717, 1.165) is 20.0 Å². The molecule has 0 aliphatic carbocycles. The first-order valence-corrected chi connectivity index (χ1v) is 9.08. The van der Waals surface area contributed by atoms with Crippen molar-refractivity contribution in [3.8, 4) is 12.5 Å². The van der Waals surface area contributed by atoms with E-state index >= 15 is 0 Å². The van der Waals surface area contributed by atoms with Crippen LogP contribution in [0.15, 0.2) is 57.9 Å². The Bertz CT molecular complexity index is 809. The lowest BCUT2D eigenvalue weighted by molar-refractivity contribution is 0.547. The summed E-state index contributed by atoms with van der Waals surface area (Å²) in [6, 6.07) is 16.9. The lowest BCUT2D eigenvalue weighted by atomic mass is 10.2. The zero-order valence-electron chi connectivity index (χ0n) is 12.9. The zero-order chi connectivity index (χ0) is 17.0. The predicted octanol–water partition coefficient (Wildman–Crippen LogP) is 3.30. The molecular formula is C17H17BrN2O2S. The molecule has 0 spiro atoms. The second-order valence-corrected chi connectivity index (χ2v) is 7.96. The molecule has 0 aliphatic rings. The highest BCUT2D eigenvalue weighted by molar-refractivity contribution is 9.10. The van der Waals surface area contributed by atoms with Gasteiger partial charge in [-0.1, -0.05) is 34.5 Å². The van der Waals surface area contributed by atoms with Crippen molar-refractivity contribution in [2.45, 2.75) is 11.4 Å². The van der Waals surface area contributed by atoms with Crippen LogP contribution in [-0.4, -0.2) is 26.8 Å². The minimum absolute atomic E-state index is 0.188. The van der Waals surface area contributed by atoms with E-state index in [0.29, 0.717) is 6.54 Å². The molecule has 0 fully saturated rings. The molecule has 2 aromatic rings. The van der Waals surface area contributed by atoms with Crippen molar-refractivity contribution < 1.29 is 8.42 Å². The summed E-state index contributed by atoms with van der Waals surface area (Å²) >= 11 is 3.41. The first-order chi connectivity index (χ1) is 10.8. The second kappa shape index (κ2) is 7.07. The summed E-state index contributed by atoms with van der Waals surface area (Å²) < 4.78 is 26.1. The van der Waals surface area contributed by atoms with E-state index in [9.17, 15) is 8.42 Å². The Labute approximate surface area is 145 Å². The van der Waals surface area contributed by atoms with Crippen LogP contribution < -0.4 is 4.90 Å². The van der Waals surface area contributed by atoms with Gasteiger partial charge >= 0.3 is 0 Å². The van der Waals surface area contributed by atoms with Crippen LogP contribution in [0.25, 0.3) is 0 Å². The van der Waals surface area contributed by atoms with Crippen molar-refractivity contribution in [1.82, 2.24) is 4.31 Å². The van der Waals surface area contributed by atoms with Gasteiger partial charge in [0.05, 0.1) is 4.90 Å². The van der Waals surface area contributed by atoms with Gasteiger partial charge in [0.15, 0.2) is 0 Å². The van der Waals surface area contributed by atoms with Gasteiger partial charge in [0.2, 0.25) is 0 Å². The molecule has 6 heteroatoms. The highest BCUT2D eigenvalue weighted by Gasteiger charge is 2.18. The number of hydrogen-bond donors (Lipinski definition) is 0. The number of halogens is 1. The van der Waals surface area contributed by atoms with Crippen LogP contribution in [0.1, 0.15) is 5.56 Å². The van der Waals surface area contributed by atoms with E-state index < -0.39 is 10.0 Å². The molecule has 2 rings (SSSR count). The van der Waals surface area contributed by atoms with Crippen molar-refractivity contribution in [1.29, 1.82) is 0 Å². The lowest BCUT2D eigenvalue weighted by Gasteiger charge is -2.20. The van der Waals surface area contributed by atoms with Crippen molar-refractivity contribution >= 4 is 31.6 Å². The average Bonchev–Trinajstić information content (AvgIpc) is 2.55. The molecule has 0 aromatic heterocycles. The minimum Gasteiger partial charge on any atom is -0.370 e. The van der Waals surface area contributed by atoms with Crippen LogP contribution in [0.2, 0.25) is 0 Å². The maximum atomic E-state index is 12.1. The maximum absolute atomic E-state index is 12.1. The standard InChI is InChI=1S/C17H17BrN2O2S/c1-4-20(3)23(21,22)17-11-5-14(6-12-17)13-19(2)16-9-7-15(18)8-10-16/h1,5-12H,13H2,2-3H3. The summed E-state index contributed by atoms with van der Waals surface area (Å²) in [5.74, 6) is 0. The third-order valence-corrected chi connectivity index (χ3v) is 5.67. The third-order valence-electron chi connectivity index (χ3n) is 3.45. The third kappa shape index (κ3) is 4.06. The Morgan fingerprint density at radius 1 is 1.04 bits per heavy atom. The van der Waals surface area contributed by atoms with Gasteiger partial charge < -0.3 is 4.90 Å². The Hall–Kier alpha value is -1.97. The van der Waals surface area contributed by atoms with Crippen LogP contribution in [0.4, 0.5) is 5.69 Å². The van der Waals surface area contributed by atoms with Crippen LogP contribution in [0.3, 0.4) is 0 Å². The van der Waals surface area contributed by atoms with Crippen LogP contribution in [0, 0.1) is 12.5 Å². The monoisotopic (exact) mass is 392 g/mol. The first kappa shape index (κ1) is 17.4. The van der Waals surface area contributed by atoms with Crippen LogP contribution in [0.5, 0.6) is 0 Å². The number of sulfonamides is 1. The molecule has 0 amide bonds. The molecule has 0 unspecified atom stereocenters. The molecule has 0 heterocycles. The normalized spacial score (nSPS) is 10.9. The fraction of sp³-hybridized carbons (Fsp3) is 0.176. The molecule has 0 saturated carbocycles. The highest BCUT2D eigenvalue weighted by atomic mass is 79.9. The summed E-state index contributed by atoms with van der Waals surface area (Å²) in [5.41, 5.74) is 2.09. The van der Waals surface area contributed by atoms with Crippen molar-refractivity contribution in [3.05, 3.63) is 58.6 Å². The Morgan fingerprint density at radius 2 is 1.61 bits per heavy atom. The number of terminal acetylenes is 1. The van der Waals surface area contributed by atoms with Crippen LogP contribution >= 0.6 is 15.9 Å². The van der Waals surface area contributed by atoms with E-state index in [1.165, 1.54) is 7.05 Å². The van der Waals surface area contributed by atoms with E-state index in [-0.39, 0.29) is 4.90 Å². The Balaban J connectivity index is 2.14. The summed E-state index contributed by atoms with van der Waals surface area (Å²) in [4.78, 5) is 2.27. The minimum atomic E-state index is -3.61. The van der Waals surface area contributed by atoms with Gasteiger partial charge in [-0.25, -0.2) is 12.7 Å². The molecule has 0 aliphatic heterocycles. The molecule has 120 valence electrons. The van der Waals surface area contributed by atoms with Gasteiger partial charge in [-0.3, -0.25) is 0 Å². The van der Waals surface area contributed by atoms with Gasteiger partial charge in [-0.15, -0.1) is 0 Å². The number of benzene rings is 2. The summed E-state index contributed by atoms with van der Waals surface area (Å²) in [6.45, 7) is 0.674. The lowest BCUT2D eigenvalue weighted by Crippen LogP contribution is -2.22. The molecule has 4 nitrogen and oxygen atoms in total. The first-order valence-electron chi connectivity index (χ1n) is 6.85. The molecular weight excluding hydrogens is 376 g/mol. The summed E-state index contributed by atoms with van der Waals surface area (Å²) in [6.07, 6.45) is 5.15. The molecule has 0 N–H and O–H groups in total. The SMILES string of the molecule is C#CN(C)S(=O)(=O)c1ccc(CN(C)c2ccc(Br)cc2)cc1. The number of nitrogens with zero attached hydrogens (tertiary/aromatic N) is 2.